The first-order chi connectivity index (χ1) is 8.76. The molecule has 0 radical (unpaired) electrons. The number of nitrogens with one attached hydrogen (secondary N) is 1. The summed E-state index contributed by atoms with van der Waals surface area (Å²) >= 11 is 0. The topological polar surface area (TPSA) is 81.4 Å². The third-order valence-electron chi connectivity index (χ3n) is 1.95. The van der Waals surface area contributed by atoms with Crippen LogP contribution in [0.2, 0.25) is 0 Å². The summed E-state index contributed by atoms with van der Waals surface area (Å²) in [6, 6.07) is 5.88. The van der Waals surface area contributed by atoms with Gasteiger partial charge in [0.05, 0.1) is 6.42 Å². The summed E-state index contributed by atoms with van der Waals surface area (Å²) in [6.45, 7) is -1.65. The molecule has 0 aliphatic heterocycles. The lowest BCUT2D eigenvalue weighted by Gasteiger charge is -2.09. The van der Waals surface area contributed by atoms with Crippen LogP contribution in [-0.4, -0.2) is 24.8 Å². The normalized spacial score (nSPS) is 10.9. The number of benzene rings is 1. The standard InChI is InChI=1S/C11H11F3N2O3/c12-11(13,14)6-19-10(18)16-8-3-1-7(2-4-8)5-9(15)17/h1-4H,5-6H2,(H2,15,17)(H,16,18). The van der Waals surface area contributed by atoms with E-state index in [1.807, 2.05) is 0 Å². The third kappa shape index (κ3) is 6.29. The van der Waals surface area contributed by atoms with Gasteiger partial charge in [-0.2, -0.15) is 13.2 Å². The van der Waals surface area contributed by atoms with E-state index in [1.165, 1.54) is 24.3 Å². The first kappa shape index (κ1) is 14.8. The molecule has 0 atom stereocenters. The molecule has 0 heterocycles. The largest absolute Gasteiger partial charge is 0.440 e. The highest BCUT2D eigenvalue weighted by Crippen LogP contribution is 2.15. The van der Waals surface area contributed by atoms with Crippen LogP contribution in [0.25, 0.3) is 0 Å². The van der Waals surface area contributed by atoms with Gasteiger partial charge in [-0.3, -0.25) is 10.1 Å². The summed E-state index contributed by atoms with van der Waals surface area (Å²) in [5, 5.41) is 2.12. The maximum atomic E-state index is 11.8. The van der Waals surface area contributed by atoms with Gasteiger partial charge in [0.15, 0.2) is 6.61 Å². The zero-order valence-corrected chi connectivity index (χ0v) is 9.66. The second kappa shape index (κ2) is 6.07. The van der Waals surface area contributed by atoms with E-state index in [0.29, 0.717) is 5.56 Å². The maximum absolute atomic E-state index is 11.8. The number of ether oxygens (including phenoxy) is 1. The van der Waals surface area contributed by atoms with Crippen molar-refractivity contribution >= 4 is 17.7 Å². The fourth-order valence-electron chi connectivity index (χ4n) is 1.21. The van der Waals surface area contributed by atoms with Crippen molar-refractivity contribution in [1.82, 2.24) is 0 Å². The highest BCUT2D eigenvalue weighted by atomic mass is 19.4. The monoisotopic (exact) mass is 276 g/mol. The molecule has 2 amide bonds. The smallest absolute Gasteiger partial charge is 0.422 e. The number of hydrogen-bond donors (Lipinski definition) is 2. The first-order valence-corrected chi connectivity index (χ1v) is 5.14. The second-order valence-electron chi connectivity index (χ2n) is 3.66. The second-order valence-corrected chi connectivity index (χ2v) is 3.66. The average Bonchev–Trinajstić information content (AvgIpc) is 2.28. The van der Waals surface area contributed by atoms with Crippen molar-refractivity contribution in [2.75, 3.05) is 11.9 Å². The van der Waals surface area contributed by atoms with E-state index in [9.17, 15) is 22.8 Å². The van der Waals surface area contributed by atoms with Crippen molar-refractivity contribution < 1.29 is 27.5 Å². The Morgan fingerprint density at radius 3 is 2.26 bits per heavy atom. The van der Waals surface area contributed by atoms with Crippen molar-refractivity contribution in [2.24, 2.45) is 5.73 Å². The van der Waals surface area contributed by atoms with Crippen molar-refractivity contribution in [3.05, 3.63) is 29.8 Å². The van der Waals surface area contributed by atoms with Crippen LogP contribution in [0.3, 0.4) is 0 Å². The summed E-state index contributed by atoms with van der Waals surface area (Å²) in [5.74, 6) is -0.509. The van der Waals surface area contributed by atoms with Crippen LogP contribution >= 0.6 is 0 Å². The van der Waals surface area contributed by atoms with E-state index in [0.717, 1.165) is 0 Å². The van der Waals surface area contributed by atoms with Crippen LogP contribution in [-0.2, 0) is 16.0 Å². The highest BCUT2D eigenvalue weighted by molar-refractivity contribution is 5.84. The Kier molecular flexibility index (Phi) is 4.74. The van der Waals surface area contributed by atoms with Gasteiger partial charge >= 0.3 is 12.3 Å². The number of carbonyl (C=O) groups is 2. The van der Waals surface area contributed by atoms with Crippen LogP contribution in [0.4, 0.5) is 23.7 Å². The number of hydrogen-bond acceptors (Lipinski definition) is 3. The van der Waals surface area contributed by atoms with E-state index in [-0.39, 0.29) is 12.1 Å². The van der Waals surface area contributed by atoms with Crippen LogP contribution < -0.4 is 11.1 Å². The van der Waals surface area contributed by atoms with Crippen molar-refractivity contribution in [2.45, 2.75) is 12.6 Å². The minimum Gasteiger partial charge on any atom is -0.440 e. The van der Waals surface area contributed by atoms with Crippen molar-refractivity contribution in [3.8, 4) is 0 Å². The Hall–Kier alpha value is -2.25. The van der Waals surface area contributed by atoms with Crippen LogP contribution in [0.15, 0.2) is 24.3 Å². The van der Waals surface area contributed by atoms with Crippen molar-refractivity contribution in [1.29, 1.82) is 0 Å². The lowest BCUT2D eigenvalue weighted by atomic mass is 10.1. The number of primary amides is 1. The summed E-state index contributed by atoms with van der Waals surface area (Å²) in [6.07, 6.45) is -5.73. The van der Waals surface area contributed by atoms with E-state index >= 15 is 0 Å². The molecule has 1 rings (SSSR count). The predicted octanol–water partition coefficient (Wildman–Crippen LogP) is 1.83. The summed E-state index contributed by atoms with van der Waals surface area (Å²) in [5.41, 5.74) is 5.87. The lowest BCUT2D eigenvalue weighted by molar-refractivity contribution is -0.159. The fourth-order valence-corrected chi connectivity index (χ4v) is 1.21. The van der Waals surface area contributed by atoms with Gasteiger partial charge in [0.1, 0.15) is 0 Å². The molecule has 0 saturated heterocycles. The number of alkyl halides is 3. The molecule has 8 heteroatoms. The predicted molar refractivity (Wildman–Crippen MR) is 60.4 cm³/mol. The van der Waals surface area contributed by atoms with Crippen LogP contribution in [0.5, 0.6) is 0 Å². The molecular weight excluding hydrogens is 265 g/mol. The minimum absolute atomic E-state index is 0.0405. The number of carbonyl (C=O) groups excluding carboxylic acids is 2. The summed E-state index contributed by atoms with van der Waals surface area (Å²) in [7, 11) is 0. The molecule has 0 spiro atoms. The molecule has 5 nitrogen and oxygen atoms in total. The molecule has 19 heavy (non-hydrogen) atoms. The number of anilines is 1. The van der Waals surface area contributed by atoms with Gasteiger partial charge < -0.3 is 10.5 Å². The van der Waals surface area contributed by atoms with E-state index in [4.69, 9.17) is 5.73 Å². The van der Waals surface area contributed by atoms with Gasteiger partial charge in [-0.1, -0.05) is 12.1 Å². The maximum Gasteiger partial charge on any atom is 0.422 e. The number of rotatable bonds is 4. The number of halogens is 3. The molecule has 0 unspecified atom stereocenters. The SMILES string of the molecule is NC(=O)Cc1ccc(NC(=O)OCC(F)(F)F)cc1. The Morgan fingerprint density at radius 1 is 1.21 bits per heavy atom. The molecule has 0 saturated carbocycles. The third-order valence-corrected chi connectivity index (χ3v) is 1.95. The minimum atomic E-state index is -4.57. The molecule has 1 aromatic carbocycles. The van der Waals surface area contributed by atoms with Gasteiger partial charge in [-0.15, -0.1) is 0 Å². The molecule has 104 valence electrons. The molecule has 0 bridgehead atoms. The zero-order valence-electron chi connectivity index (χ0n) is 9.66. The number of nitrogens with two attached hydrogens (primary N) is 1. The zero-order chi connectivity index (χ0) is 14.5. The van der Waals surface area contributed by atoms with E-state index in [1.54, 1.807) is 0 Å². The van der Waals surface area contributed by atoms with Gasteiger partial charge in [0.25, 0.3) is 0 Å². The summed E-state index contributed by atoms with van der Waals surface area (Å²) in [4.78, 5) is 21.7. The molecule has 0 aliphatic rings. The van der Waals surface area contributed by atoms with Gasteiger partial charge in [0, 0.05) is 5.69 Å². The molecular formula is C11H11F3N2O3. The Morgan fingerprint density at radius 2 is 1.79 bits per heavy atom. The average molecular weight is 276 g/mol. The Labute approximate surface area is 106 Å². The van der Waals surface area contributed by atoms with Crippen LogP contribution in [0, 0.1) is 0 Å². The molecule has 0 aromatic heterocycles. The van der Waals surface area contributed by atoms with Gasteiger partial charge in [0.2, 0.25) is 5.91 Å². The Balaban J connectivity index is 2.49. The molecule has 0 aliphatic carbocycles. The van der Waals surface area contributed by atoms with E-state index in [2.05, 4.69) is 10.1 Å². The van der Waals surface area contributed by atoms with E-state index < -0.39 is 24.8 Å². The first-order valence-electron chi connectivity index (χ1n) is 5.14. The Bertz CT molecular complexity index is 457. The van der Waals surface area contributed by atoms with Crippen molar-refractivity contribution in [3.63, 3.8) is 0 Å². The summed E-state index contributed by atoms with van der Waals surface area (Å²) < 4.78 is 39.3. The lowest BCUT2D eigenvalue weighted by Crippen LogP contribution is -2.23. The quantitative estimate of drug-likeness (QED) is 0.880. The van der Waals surface area contributed by atoms with Gasteiger partial charge in [-0.25, -0.2) is 4.79 Å². The fraction of sp³-hybridized carbons (Fsp3) is 0.273. The molecule has 0 fully saturated rings. The van der Waals surface area contributed by atoms with Crippen LogP contribution in [0.1, 0.15) is 5.56 Å². The molecule has 1 aromatic rings. The van der Waals surface area contributed by atoms with Gasteiger partial charge in [-0.05, 0) is 17.7 Å². The highest BCUT2D eigenvalue weighted by Gasteiger charge is 2.29. The number of amides is 2. The molecule has 3 N–H and O–H groups in total.